The molecule has 0 saturated heterocycles. The lowest BCUT2D eigenvalue weighted by atomic mass is 10.0. The number of benzene rings is 1. The quantitative estimate of drug-likeness (QED) is 0.717. The van der Waals surface area contributed by atoms with Crippen molar-refractivity contribution in [2.75, 3.05) is 31.6 Å². The number of rotatable bonds is 7. The number of ether oxygens (including phenoxy) is 2. The summed E-state index contributed by atoms with van der Waals surface area (Å²) in [5.74, 6) is -0.0350. The molecule has 1 aliphatic rings. The van der Waals surface area contributed by atoms with Crippen LogP contribution in [0.4, 0.5) is 5.00 Å². The third-order valence-corrected chi connectivity index (χ3v) is 5.84. The summed E-state index contributed by atoms with van der Waals surface area (Å²) in [5.41, 5.74) is 2.63. The molecule has 28 heavy (non-hydrogen) atoms. The molecule has 1 amide bonds. The fourth-order valence-electron chi connectivity index (χ4n) is 3.18. The van der Waals surface area contributed by atoms with E-state index in [9.17, 15) is 9.59 Å². The summed E-state index contributed by atoms with van der Waals surface area (Å²) in [6.45, 7) is 8.72. The molecule has 2 aromatic rings. The summed E-state index contributed by atoms with van der Waals surface area (Å²) < 4.78 is 10.8. The van der Waals surface area contributed by atoms with Gasteiger partial charge in [0.05, 0.1) is 12.2 Å². The maximum Gasteiger partial charge on any atom is 0.341 e. The zero-order valence-electron chi connectivity index (χ0n) is 16.5. The van der Waals surface area contributed by atoms with Gasteiger partial charge >= 0.3 is 5.97 Å². The molecule has 1 aromatic carbocycles. The number of nitrogens with one attached hydrogen (secondary N) is 1. The van der Waals surface area contributed by atoms with E-state index < -0.39 is 0 Å². The summed E-state index contributed by atoms with van der Waals surface area (Å²) in [6.07, 6.45) is 0.781. The van der Waals surface area contributed by atoms with Crippen molar-refractivity contribution in [3.63, 3.8) is 0 Å². The van der Waals surface area contributed by atoms with Gasteiger partial charge < -0.3 is 14.8 Å². The average molecular weight is 403 g/mol. The van der Waals surface area contributed by atoms with E-state index in [1.54, 1.807) is 6.92 Å². The van der Waals surface area contributed by atoms with Crippen LogP contribution in [0.1, 0.15) is 40.2 Å². The van der Waals surface area contributed by atoms with Crippen LogP contribution < -0.4 is 10.1 Å². The van der Waals surface area contributed by atoms with Gasteiger partial charge in [-0.2, -0.15) is 0 Å². The maximum absolute atomic E-state index is 12.5. The number of anilines is 1. The van der Waals surface area contributed by atoms with E-state index in [1.807, 2.05) is 31.2 Å². The number of nitrogens with zero attached hydrogens (tertiary/aromatic N) is 1. The van der Waals surface area contributed by atoms with Crippen LogP contribution in [0.3, 0.4) is 0 Å². The number of hydrogen-bond acceptors (Lipinski definition) is 6. The Labute approximate surface area is 169 Å². The molecule has 2 heterocycles. The average Bonchev–Trinajstić information content (AvgIpc) is 3.04. The van der Waals surface area contributed by atoms with Crippen LogP contribution in [0, 0.1) is 6.92 Å². The van der Waals surface area contributed by atoms with E-state index in [0.29, 0.717) is 22.9 Å². The molecule has 0 bridgehead atoms. The van der Waals surface area contributed by atoms with Crippen molar-refractivity contribution in [3.8, 4) is 5.75 Å². The topological polar surface area (TPSA) is 67.9 Å². The first kappa shape index (κ1) is 20.4. The predicted molar refractivity (Wildman–Crippen MR) is 110 cm³/mol. The molecule has 1 aliphatic heterocycles. The highest BCUT2D eigenvalue weighted by atomic mass is 32.1. The predicted octanol–water partition coefficient (Wildman–Crippen LogP) is 3.63. The van der Waals surface area contributed by atoms with Gasteiger partial charge in [-0.1, -0.05) is 24.6 Å². The van der Waals surface area contributed by atoms with Crippen LogP contribution in [0.5, 0.6) is 5.75 Å². The lowest BCUT2D eigenvalue weighted by Crippen LogP contribution is -2.30. The van der Waals surface area contributed by atoms with Crippen LogP contribution in [-0.4, -0.2) is 43.1 Å². The Kier molecular flexibility index (Phi) is 6.70. The van der Waals surface area contributed by atoms with Crippen LogP contribution in [0.2, 0.25) is 0 Å². The molecule has 1 N–H and O–H groups in total. The van der Waals surface area contributed by atoms with E-state index in [0.717, 1.165) is 42.1 Å². The second-order valence-corrected chi connectivity index (χ2v) is 7.80. The summed E-state index contributed by atoms with van der Waals surface area (Å²) in [7, 11) is 0. The van der Waals surface area contributed by atoms with Crippen LogP contribution in [-0.2, 0) is 22.5 Å². The van der Waals surface area contributed by atoms with Crippen molar-refractivity contribution >= 4 is 28.2 Å². The highest BCUT2D eigenvalue weighted by Gasteiger charge is 2.29. The van der Waals surface area contributed by atoms with Gasteiger partial charge in [-0.25, -0.2) is 4.79 Å². The lowest BCUT2D eigenvalue weighted by Gasteiger charge is -2.25. The normalized spacial score (nSPS) is 13.7. The molecule has 0 atom stereocenters. The molecular weight excluding hydrogens is 376 g/mol. The standard InChI is InChI=1S/C21H26N2O4S/c1-4-23-11-10-16-17(12-23)28-20(19(16)21(25)26-5-2)22-18(24)13-27-15-8-6-14(3)7-9-15/h6-9H,4-5,10-13H2,1-3H3,(H,22,24). The Morgan fingerprint density at radius 3 is 2.64 bits per heavy atom. The molecule has 3 rings (SSSR count). The van der Waals surface area contributed by atoms with Gasteiger partial charge in [-0.3, -0.25) is 9.69 Å². The van der Waals surface area contributed by atoms with E-state index >= 15 is 0 Å². The van der Waals surface area contributed by atoms with Gasteiger partial charge in [-0.15, -0.1) is 11.3 Å². The Bertz CT molecular complexity index is 845. The first-order chi connectivity index (χ1) is 13.5. The number of hydrogen-bond donors (Lipinski definition) is 1. The lowest BCUT2D eigenvalue weighted by molar-refractivity contribution is -0.118. The monoisotopic (exact) mass is 402 g/mol. The molecule has 7 heteroatoms. The van der Waals surface area contributed by atoms with Gasteiger partial charge in [0.1, 0.15) is 10.8 Å². The number of aryl methyl sites for hydroxylation is 1. The summed E-state index contributed by atoms with van der Waals surface area (Å²) in [4.78, 5) is 28.4. The number of carbonyl (C=O) groups excluding carboxylic acids is 2. The second kappa shape index (κ2) is 9.21. The van der Waals surface area contributed by atoms with E-state index in [-0.39, 0.29) is 18.5 Å². The molecule has 0 spiro atoms. The second-order valence-electron chi connectivity index (χ2n) is 6.70. The minimum Gasteiger partial charge on any atom is -0.484 e. The third kappa shape index (κ3) is 4.72. The van der Waals surface area contributed by atoms with Crippen molar-refractivity contribution in [2.45, 2.75) is 33.7 Å². The fourth-order valence-corrected chi connectivity index (χ4v) is 4.47. The molecule has 150 valence electrons. The van der Waals surface area contributed by atoms with Gasteiger partial charge in [0.25, 0.3) is 5.91 Å². The molecular formula is C21H26N2O4S. The Morgan fingerprint density at radius 1 is 1.21 bits per heavy atom. The first-order valence-electron chi connectivity index (χ1n) is 9.55. The smallest absolute Gasteiger partial charge is 0.341 e. The minimum absolute atomic E-state index is 0.116. The SMILES string of the molecule is CCOC(=O)c1c(NC(=O)COc2ccc(C)cc2)sc2c1CCN(CC)C2. The van der Waals surface area contributed by atoms with Crippen molar-refractivity contribution in [1.29, 1.82) is 0 Å². The molecule has 6 nitrogen and oxygen atoms in total. The fraction of sp³-hybridized carbons (Fsp3) is 0.429. The summed E-state index contributed by atoms with van der Waals surface area (Å²) in [6, 6.07) is 7.52. The number of amides is 1. The molecule has 0 unspecified atom stereocenters. The summed E-state index contributed by atoms with van der Waals surface area (Å²) >= 11 is 1.46. The highest BCUT2D eigenvalue weighted by molar-refractivity contribution is 7.17. The Hall–Kier alpha value is -2.38. The van der Waals surface area contributed by atoms with Crippen molar-refractivity contribution in [1.82, 2.24) is 4.90 Å². The Morgan fingerprint density at radius 2 is 1.96 bits per heavy atom. The largest absolute Gasteiger partial charge is 0.484 e. The molecule has 1 aromatic heterocycles. The number of esters is 1. The van der Waals surface area contributed by atoms with Crippen LogP contribution in [0.15, 0.2) is 24.3 Å². The van der Waals surface area contributed by atoms with E-state index in [4.69, 9.17) is 9.47 Å². The number of fused-ring (bicyclic) bond motifs is 1. The Balaban J connectivity index is 1.74. The maximum atomic E-state index is 12.5. The summed E-state index contributed by atoms with van der Waals surface area (Å²) in [5, 5.41) is 3.41. The van der Waals surface area contributed by atoms with Crippen molar-refractivity contribution in [2.24, 2.45) is 0 Å². The van der Waals surface area contributed by atoms with Crippen LogP contribution >= 0.6 is 11.3 Å². The van der Waals surface area contributed by atoms with Gasteiger partial charge in [-0.05, 0) is 44.5 Å². The van der Waals surface area contributed by atoms with E-state index in [2.05, 4.69) is 17.1 Å². The molecule has 0 radical (unpaired) electrons. The van der Waals surface area contributed by atoms with Crippen molar-refractivity contribution < 1.29 is 19.1 Å². The highest BCUT2D eigenvalue weighted by Crippen LogP contribution is 2.37. The minimum atomic E-state index is -0.375. The number of likely N-dealkylation sites (N-methyl/N-ethyl adjacent to an activating group) is 1. The van der Waals surface area contributed by atoms with E-state index in [1.165, 1.54) is 11.3 Å². The van der Waals surface area contributed by atoms with Crippen molar-refractivity contribution in [3.05, 3.63) is 45.8 Å². The molecule has 0 fully saturated rings. The van der Waals surface area contributed by atoms with Gasteiger partial charge in [0.15, 0.2) is 6.61 Å². The van der Waals surface area contributed by atoms with Crippen LogP contribution in [0.25, 0.3) is 0 Å². The van der Waals surface area contributed by atoms with Gasteiger partial charge in [0, 0.05) is 18.0 Å². The molecule has 0 saturated carbocycles. The molecule has 0 aliphatic carbocycles. The first-order valence-corrected chi connectivity index (χ1v) is 10.4. The number of thiophene rings is 1. The van der Waals surface area contributed by atoms with Gasteiger partial charge in [0.2, 0.25) is 0 Å². The third-order valence-electron chi connectivity index (χ3n) is 4.71. The zero-order valence-corrected chi connectivity index (χ0v) is 17.4. The zero-order chi connectivity index (χ0) is 20.1. The number of carbonyl (C=O) groups is 2.